The minimum Gasteiger partial charge on any atom is -0.389 e. The number of fused-ring (bicyclic) bond motifs is 1. The molecule has 5 nitrogen and oxygen atoms in total. The van der Waals surface area contributed by atoms with Crippen LogP contribution in [0.25, 0.3) is 0 Å². The van der Waals surface area contributed by atoms with E-state index in [-0.39, 0.29) is 18.7 Å². The molecule has 2 saturated heterocycles. The SMILES string of the molecule is O=C1N[C@H]2OC[C@H](O)[C@H](O)[C@@H]12. The number of amides is 1. The van der Waals surface area contributed by atoms with Gasteiger partial charge < -0.3 is 20.3 Å². The lowest BCUT2D eigenvalue weighted by molar-refractivity contribution is -0.205. The van der Waals surface area contributed by atoms with Gasteiger partial charge in [-0.3, -0.25) is 4.79 Å². The highest BCUT2D eigenvalue weighted by atomic mass is 16.5. The average Bonchev–Trinajstić information content (AvgIpc) is 1.94. The van der Waals surface area contributed by atoms with E-state index in [2.05, 4.69) is 5.32 Å². The van der Waals surface area contributed by atoms with Crippen LogP contribution in [0.2, 0.25) is 0 Å². The highest BCUT2D eigenvalue weighted by molar-refractivity contribution is 5.86. The third-order valence-electron chi connectivity index (χ3n) is 2.12. The molecule has 0 aromatic rings. The molecular formula is C6H9NO4. The van der Waals surface area contributed by atoms with Crippen molar-refractivity contribution in [1.82, 2.24) is 5.32 Å². The molecular weight excluding hydrogens is 150 g/mol. The van der Waals surface area contributed by atoms with Crippen LogP contribution in [0.1, 0.15) is 0 Å². The lowest BCUT2D eigenvalue weighted by atomic mass is 9.87. The molecule has 0 spiro atoms. The van der Waals surface area contributed by atoms with Crippen molar-refractivity contribution in [2.45, 2.75) is 18.4 Å². The van der Waals surface area contributed by atoms with Gasteiger partial charge in [0, 0.05) is 0 Å². The third kappa shape index (κ3) is 0.852. The lowest BCUT2D eigenvalue weighted by Crippen LogP contribution is -2.69. The fourth-order valence-corrected chi connectivity index (χ4v) is 1.39. The second kappa shape index (κ2) is 2.17. The van der Waals surface area contributed by atoms with E-state index < -0.39 is 18.1 Å². The quantitative estimate of drug-likeness (QED) is 0.351. The van der Waals surface area contributed by atoms with Crippen LogP contribution in [0.15, 0.2) is 0 Å². The molecule has 4 atom stereocenters. The maximum Gasteiger partial charge on any atom is 0.232 e. The van der Waals surface area contributed by atoms with E-state index in [1.54, 1.807) is 0 Å². The molecule has 3 N–H and O–H groups in total. The fraction of sp³-hybridized carbons (Fsp3) is 0.833. The Hall–Kier alpha value is -0.650. The predicted octanol–water partition coefficient (Wildman–Crippen LogP) is -2.19. The Balaban J connectivity index is 2.10. The van der Waals surface area contributed by atoms with Crippen LogP contribution in [0.4, 0.5) is 0 Å². The van der Waals surface area contributed by atoms with Crippen molar-refractivity contribution in [2.24, 2.45) is 5.92 Å². The first kappa shape index (κ1) is 7.02. The Morgan fingerprint density at radius 2 is 2.27 bits per heavy atom. The maximum atomic E-state index is 10.8. The smallest absolute Gasteiger partial charge is 0.232 e. The topological polar surface area (TPSA) is 78.8 Å². The molecule has 0 bridgehead atoms. The molecule has 0 aromatic carbocycles. The molecule has 0 unspecified atom stereocenters. The zero-order chi connectivity index (χ0) is 8.01. The summed E-state index contributed by atoms with van der Waals surface area (Å²) >= 11 is 0. The molecule has 5 heteroatoms. The predicted molar refractivity (Wildman–Crippen MR) is 33.4 cm³/mol. The zero-order valence-corrected chi connectivity index (χ0v) is 5.73. The molecule has 2 rings (SSSR count). The van der Waals surface area contributed by atoms with Crippen molar-refractivity contribution in [3.8, 4) is 0 Å². The van der Waals surface area contributed by atoms with Crippen molar-refractivity contribution >= 4 is 5.91 Å². The number of aliphatic hydroxyl groups excluding tert-OH is 2. The summed E-state index contributed by atoms with van der Waals surface area (Å²) < 4.78 is 4.99. The number of β-lactam (4-membered cyclic amide) rings is 1. The largest absolute Gasteiger partial charge is 0.389 e. The summed E-state index contributed by atoms with van der Waals surface area (Å²) in [6.07, 6.45) is -2.29. The van der Waals surface area contributed by atoms with Crippen molar-refractivity contribution < 1.29 is 19.7 Å². The summed E-state index contributed by atoms with van der Waals surface area (Å²) in [5.41, 5.74) is 0. The molecule has 2 fully saturated rings. The first-order valence-electron chi connectivity index (χ1n) is 3.48. The van der Waals surface area contributed by atoms with Crippen molar-refractivity contribution in [3.63, 3.8) is 0 Å². The van der Waals surface area contributed by atoms with E-state index in [1.807, 2.05) is 0 Å². The number of nitrogens with one attached hydrogen (secondary N) is 1. The van der Waals surface area contributed by atoms with Crippen LogP contribution in [0.5, 0.6) is 0 Å². The summed E-state index contributed by atoms with van der Waals surface area (Å²) in [5, 5.41) is 20.8. The number of carbonyl (C=O) groups is 1. The monoisotopic (exact) mass is 159 g/mol. The van der Waals surface area contributed by atoms with Gasteiger partial charge in [0.05, 0.1) is 12.7 Å². The van der Waals surface area contributed by atoms with Gasteiger partial charge in [-0.2, -0.15) is 0 Å². The second-order valence-electron chi connectivity index (χ2n) is 2.85. The molecule has 1 amide bonds. The number of aliphatic hydroxyl groups is 2. The first-order chi connectivity index (χ1) is 5.20. The minimum atomic E-state index is -0.970. The summed E-state index contributed by atoms with van der Waals surface area (Å²) in [7, 11) is 0. The van der Waals surface area contributed by atoms with Gasteiger partial charge in [-0.1, -0.05) is 0 Å². The van der Waals surface area contributed by atoms with Crippen LogP contribution in [0, 0.1) is 5.92 Å². The molecule has 2 aliphatic heterocycles. The third-order valence-corrected chi connectivity index (χ3v) is 2.12. The van der Waals surface area contributed by atoms with Gasteiger partial charge in [0.1, 0.15) is 18.2 Å². The number of hydrogen-bond donors (Lipinski definition) is 3. The molecule has 11 heavy (non-hydrogen) atoms. The van der Waals surface area contributed by atoms with E-state index in [4.69, 9.17) is 9.84 Å². The van der Waals surface area contributed by atoms with E-state index in [0.717, 1.165) is 0 Å². The Labute approximate surface area is 63.0 Å². The van der Waals surface area contributed by atoms with E-state index in [9.17, 15) is 9.90 Å². The number of ether oxygens (including phenoxy) is 1. The van der Waals surface area contributed by atoms with E-state index in [1.165, 1.54) is 0 Å². The first-order valence-corrected chi connectivity index (χ1v) is 3.48. The molecule has 0 radical (unpaired) electrons. The second-order valence-corrected chi connectivity index (χ2v) is 2.85. The number of rotatable bonds is 0. The van der Waals surface area contributed by atoms with E-state index in [0.29, 0.717) is 0 Å². The van der Waals surface area contributed by atoms with Crippen molar-refractivity contribution in [2.75, 3.05) is 6.61 Å². The van der Waals surface area contributed by atoms with Gasteiger partial charge in [-0.15, -0.1) is 0 Å². The molecule has 2 heterocycles. The van der Waals surface area contributed by atoms with Gasteiger partial charge in [0.15, 0.2) is 0 Å². The Morgan fingerprint density at radius 3 is 2.82 bits per heavy atom. The van der Waals surface area contributed by atoms with Crippen molar-refractivity contribution in [1.29, 1.82) is 0 Å². The Kier molecular flexibility index (Phi) is 1.38. The van der Waals surface area contributed by atoms with Gasteiger partial charge in [-0.05, 0) is 0 Å². The van der Waals surface area contributed by atoms with Crippen molar-refractivity contribution in [3.05, 3.63) is 0 Å². The fourth-order valence-electron chi connectivity index (χ4n) is 1.39. The highest BCUT2D eigenvalue weighted by Crippen LogP contribution is 2.26. The molecule has 0 saturated carbocycles. The zero-order valence-electron chi connectivity index (χ0n) is 5.73. The van der Waals surface area contributed by atoms with Gasteiger partial charge in [0.2, 0.25) is 5.91 Å². The number of carbonyl (C=O) groups excluding carboxylic acids is 1. The van der Waals surface area contributed by atoms with E-state index >= 15 is 0 Å². The van der Waals surface area contributed by atoms with Crippen LogP contribution < -0.4 is 5.32 Å². The summed E-state index contributed by atoms with van der Waals surface area (Å²) in [5.74, 6) is -0.819. The highest BCUT2D eigenvalue weighted by Gasteiger charge is 2.50. The Morgan fingerprint density at radius 1 is 1.55 bits per heavy atom. The Bertz CT molecular complexity index is 195. The summed E-state index contributed by atoms with van der Waals surface area (Å²) in [6.45, 7) is 0.0859. The number of hydrogen-bond acceptors (Lipinski definition) is 4. The van der Waals surface area contributed by atoms with Gasteiger partial charge in [0.25, 0.3) is 0 Å². The van der Waals surface area contributed by atoms with Gasteiger partial charge >= 0.3 is 0 Å². The minimum absolute atomic E-state index is 0.0859. The molecule has 0 aliphatic carbocycles. The van der Waals surface area contributed by atoms with Crippen LogP contribution in [0.3, 0.4) is 0 Å². The maximum absolute atomic E-state index is 10.8. The normalized spacial score (nSPS) is 49.1. The standard InChI is InChI=1S/C6H9NO4/c8-2-1-11-6-3(4(2)9)5(10)7-6/h2-4,6,8-9H,1H2,(H,7,10)/t2-,3-,4-,6-/m0/s1. The van der Waals surface area contributed by atoms with Crippen LogP contribution in [-0.2, 0) is 9.53 Å². The summed E-state index contributed by atoms with van der Waals surface area (Å²) in [4.78, 5) is 10.8. The molecule has 0 aromatic heterocycles. The summed E-state index contributed by atoms with van der Waals surface area (Å²) in [6, 6.07) is 0. The van der Waals surface area contributed by atoms with Crippen LogP contribution >= 0.6 is 0 Å². The lowest BCUT2D eigenvalue weighted by Gasteiger charge is -2.44. The van der Waals surface area contributed by atoms with Crippen LogP contribution in [-0.4, -0.2) is 41.2 Å². The average molecular weight is 159 g/mol. The molecule has 2 aliphatic rings. The van der Waals surface area contributed by atoms with Gasteiger partial charge in [-0.25, -0.2) is 0 Å². The molecule has 62 valence electrons.